The van der Waals surface area contributed by atoms with Crippen LogP contribution in [0.5, 0.6) is 11.5 Å². The van der Waals surface area contributed by atoms with Gasteiger partial charge in [-0.2, -0.15) is 0 Å². The van der Waals surface area contributed by atoms with Crippen molar-refractivity contribution in [3.63, 3.8) is 0 Å². The lowest BCUT2D eigenvalue weighted by Gasteiger charge is -2.57. The predicted octanol–water partition coefficient (Wildman–Crippen LogP) is 3.73. The third-order valence-electron chi connectivity index (χ3n) is 6.87. The molecule has 4 fully saturated rings. The second kappa shape index (κ2) is 8.32. The summed E-state index contributed by atoms with van der Waals surface area (Å²) in [5.41, 5.74) is 0.660. The molecule has 6 nitrogen and oxygen atoms in total. The average molecular weight is 414 g/mol. The van der Waals surface area contributed by atoms with Crippen LogP contribution >= 0.6 is 0 Å². The molecule has 162 valence electrons. The van der Waals surface area contributed by atoms with Crippen molar-refractivity contribution in [1.82, 2.24) is 5.32 Å². The van der Waals surface area contributed by atoms with Gasteiger partial charge in [0.15, 0.2) is 6.10 Å². The molecule has 1 atom stereocenters. The highest BCUT2D eigenvalue weighted by Gasteiger charge is 2.51. The molecule has 4 bridgehead atoms. The Balaban J connectivity index is 1.33. The summed E-state index contributed by atoms with van der Waals surface area (Å²) in [5, 5.41) is 3.26. The highest BCUT2D eigenvalue weighted by molar-refractivity contribution is 5.90. The molecule has 5 rings (SSSR count). The Morgan fingerprint density at radius 3 is 2.03 bits per heavy atom. The van der Waals surface area contributed by atoms with E-state index in [1.165, 1.54) is 25.3 Å². The van der Waals surface area contributed by atoms with E-state index >= 15 is 0 Å². The van der Waals surface area contributed by atoms with E-state index in [0.717, 1.165) is 42.6 Å². The maximum Gasteiger partial charge on any atom is 0.331 e. The number of carbonyl (C=O) groups excluding carboxylic acids is 2. The number of nitrogens with one attached hydrogen (secondary N) is 1. The fourth-order valence-corrected chi connectivity index (χ4v) is 5.98. The topological polar surface area (TPSA) is 73.9 Å². The number of amides is 1. The number of methoxy groups -OCH3 is 2. The van der Waals surface area contributed by atoms with Crippen molar-refractivity contribution in [1.29, 1.82) is 0 Å². The maximum atomic E-state index is 12.8. The molecule has 1 aromatic rings. The van der Waals surface area contributed by atoms with Gasteiger partial charge >= 0.3 is 5.97 Å². The molecular formula is C24H31NO5. The Bertz CT molecular complexity index is 788. The van der Waals surface area contributed by atoms with Crippen LogP contribution < -0.4 is 14.8 Å². The third-order valence-corrected chi connectivity index (χ3v) is 6.87. The molecule has 4 aliphatic rings. The summed E-state index contributed by atoms with van der Waals surface area (Å²) in [7, 11) is 3.14. The van der Waals surface area contributed by atoms with Crippen LogP contribution in [-0.2, 0) is 14.3 Å². The van der Waals surface area contributed by atoms with E-state index in [1.807, 2.05) is 0 Å². The van der Waals surface area contributed by atoms with Crippen molar-refractivity contribution in [2.45, 2.75) is 57.1 Å². The third kappa shape index (κ3) is 4.47. The molecule has 30 heavy (non-hydrogen) atoms. The smallest absolute Gasteiger partial charge is 0.331 e. The fourth-order valence-electron chi connectivity index (χ4n) is 5.98. The first-order valence-electron chi connectivity index (χ1n) is 10.8. The maximum absolute atomic E-state index is 12.8. The van der Waals surface area contributed by atoms with E-state index in [1.54, 1.807) is 45.4 Å². The van der Waals surface area contributed by atoms with Gasteiger partial charge in [-0.25, -0.2) is 4.79 Å². The van der Waals surface area contributed by atoms with Crippen LogP contribution in [0.2, 0.25) is 0 Å². The molecule has 0 unspecified atom stereocenters. The van der Waals surface area contributed by atoms with Crippen LogP contribution in [0, 0.1) is 17.8 Å². The van der Waals surface area contributed by atoms with Crippen molar-refractivity contribution in [2.24, 2.45) is 17.8 Å². The number of benzene rings is 1. The highest BCUT2D eigenvalue weighted by atomic mass is 16.5. The standard InChI is InChI=1S/C24H31NO5/c1-15(23(27)25-24-12-17-6-18(13-24)8-19(7-17)14-24)30-22(26)5-4-16-9-20(28-2)11-21(10-16)29-3/h4-5,9-11,15,17-19H,6-8,12-14H2,1-3H3,(H,25,27)/b5-4+/t15-,17?,18?,19?,24?/m0/s1. The van der Waals surface area contributed by atoms with Crippen molar-refractivity contribution in [2.75, 3.05) is 14.2 Å². The molecule has 0 aromatic heterocycles. The van der Waals surface area contributed by atoms with Crippen molar-refractivity contribution < 1.29 is 23.8 Å². The van der Waals surface area contributed by atoms with E-state index in [-0.39, 0.29) is 11.4 Å². The molecule has 0 saturated heterocycles. The minimum atomic E-state index is -0.824. The molecule has 6 heteroatoms. The molecule has 1 aromatic carbocycles. The van der Waals surface area contributed by atoms with E-state index in [9.17, 15) is 9.59 Å². The zero-order chi connectivity index (χ0) is 21.3. The zero-order valence-corrected chi connectivity index (χ0v) is 18.0. The molecular weight excluding hydrogens is 382 g/mol. The van der Waals surface area contributed by atoms with E-state index in [4.69, 9.17) is 14.2 Å². The minimum Gasteiger partial charge on any atom is -0.497 e. The summed E-state index contributed by atoms with van der Waals surface area (Å²) in [4.78, 5) is 25.0. The Morgan fingerprint density at radius 2 is 1.53 bits per heavy atom. The summed E-state index contributed by atoms with van der Waals surface area (Å²) in [6.45, 7) is 1.64. The second-order valence-corrected chi connectivity index (χ2v) is 9.25. The van der Waals surface area contributed by atoms with Crippen LogP contribution in [0.4, 0.5) is 0 Å². The summed E-state index contributed by atoms with van der Waals surface area (Å²) in [6.07, 6.45) is 9.29. The summed E-state index contributed by atoms with van der Waals surface area (Å²) in [5.74, 6) is 2.76. The quantitative estimate of drug-likeness (QED) is 0.545. The fraction of sp³-hybridized carbons (Fsp3) is 0.583. The van der Waals surface area contributed by atoms with Gasteiger partial charge in [0.05, 0.1) is 14.2 Å². The molecule has 1 amide bonds. The van der Waals surface area contributed by atoms with Gasteiger partial charge in [0.1, 0.15) is 11.5 Å². The van der Waals surface area contributed by atoms with Crippen LogP contribution in [0.25, 0.3) is 6.08 Å². The lowest BCUT2D eigenvalue weighted by atomic mass is 9.53. The van der Waals surface area contributed by atoms with Gasteiger partial charge in [0, 0.05) is 17.7 Å². The van der Waals surface area contributed by atoms with E-state index < -0.39 is 12.1 Å². The largest absolute Gasteiger partial charge is 0.497 e. The molecule has 0 spiro atoms. The Labute approximate surface area is 178 Å². The van der Waals surface area contributed by atoms with Crippen LogP contribution in [-0.4, -0.2) is 37.7 Å². The van der Waals surface area contributed by atoms with Gasteiger partial charge in [-0.1, -0.05) is 0 Å². The van der Waals surface area contributed by atoms with Gasteiger partial charge in [-0.3, -0.25) is 4.79 Å². The van der Waals surface area contributed by atoms with Gasteiger partial charge in [0.2, 0.25) is 0 Å². The van der Waals surface area contributed by atoms with E-state index in [0.29, 0.717) is 11.5 Å². The highest BCUT2D eigenvalue weighted by Crippen LogP contribution is 2.55. The van der Waals surface area contributed by atoms with Crippen LogP contribution in [0.1, 0.15) is 51.0 Å². The monoisotopic (exact) mass is 413 g/mol. The zero-order valence-electron chi connectivity index (χ0n) is 18.0. The molecule has 4 saturated carbocycles. The first kappa shape index (κ1) is 20.8. The van der Waals surface area contributed by atoms with Gasteiger partial charge < -0.3 is 19.5 Å². The van der Waals surface area contributed by atoms with Crippen molar-refractivity contribution in [3.8, 4) is 11.5 Å². The average Bonchev–Trinajstić information content (AvgIpc) is 2.70. The summed E-state index contributed by atoms with van der Waals surface area (Å²) >= 11 is 0. The molecule has 0 radical (unpaired) electrons. The van der Waals surface area contributed by atoms with Crippen molar-refractivity contribution in [3.05, 3.63) is 29.8 Å². The Morgan fingerprint density at radius 1 is 1.00 bits per heavy atom. The van der Waals surface area contributed by atoms with Crippen LogP contribution in [0.3, 0.4) is 0 Å². The van der Waals surface area contributed by atoms with Crippen LogP contribution in [0.15, 0.2) is 24.3 Å². The number of hydrogen-bond donors (Lipinski definition) is 1. The Kier molecular flexibility index (Phi) is 5.76. The van der Waals surface area contributed by atoms with Gasteiger partial charge in [0.25, 0.3) is 5.91 Å². The number of esters is 1. The molecule has 0 aliphatic heterocycles. The first-order valence-corrected chi connectivity index (χ1v) is 10.8. The normalized spacial score (nSPS) is 30.2. The predicted molar refractivity (Wildman–Crippen MR) is 113 cm³/mol. The van der Waals surface area contributed by atoms with Crippen molar-refractivity contribution >= 4 is 18.0 Å². The molecule has 0 heterocycles. The summed E-state index contributed by atoms with van der Waals surface area (Å²) in [6, 6.07) is 5.33. The molecule has 4 aliphatic carbocycles. The second-order valence-electron chi connectivity index (χ2n) is 9.25. The number of hydrogen-bond acceptors (Lipinski definition) is 5. The van der Waals surface area contributed by atoms with Gasteiger partial charge in [-0.05, 0) is 87.0 Å². The lowest BCUT2D eigenvalue weighted by molar-refractivity contribution is -0.152. The van der Waals surface area contributed by atoms with E-state index in [2.05, 4.69) is 5.32 Å². The minimum absolute atomic E-state index is 0.0838. The molecule has 1 N–H and O–H groups in total. The number of carbonyl (C=O) groups is 2. The number of ether oxygens (including phenoxy) is 3. The summed E-state index contributed by atoms with van der Waals surface area (Å²) < 4.78 is 15.8. The lowest BCUT2D eigenvalue weighted by Crippen LogP contribution is -2.61. The Hall–Kier alpha value is -2.50. The number of rotatable bonds is 7. The SMILES string of the molecule is COc1cc(/C=C/C(=O)O[C@@H](C)C(=O)NC23CC4CC(CC(C4)C2)C3)cc(OC)c1. The first-order chi connectivity index (χ1) is 14.4. The van der Waals surface area contributed by atoms with Gasteiger partial charge in [-0.15, -0.1) is 0 Å².